The van der Waals surface area contributed by atoms with Gasteiger partial charge in [0.15, 0.2) is 0 Å². The number of nitrogens with zero attached hydrogens (tertiary/aromatic N) is 4. The number of methoxy groups -OCH3 is 1. The average Bonchev–Trinajstić information content (AvgIpc) is 3.16. The number of aromatic nitrogens is 2. The fourth-order valence-corrected chi connectivity index (χ4v) is 5.82. The number of piperazine rings is 1. The third-order valence-electron chi connectivity index (χ3n) is 6.56. The van der Waals surface area contributed by atoms with Crippen molar-refractivity contribution < 1.29 is 19.1 Å². The molecular formula is C26H31N5O5S2. The molecular weight excluding hydrogens is 526 g/mol. The molecule has 2 saturated heterocycles. The van der Waals surface area contributed by atoms with E-state index in [0.717, 1.165) is 43.0 Å². The van der Waals surface area contributed by atoms with Crippen molar-refractivity contribution in [2.75, 3.05) is 31.6 Å². The van der Waals surface area contributed by atoms with Gasteiger partial charge in [-0.2, -0.15) is 0 Å². The molecule has 0 saturated carbocycles. The quantitative estimate of drug-likeness (QED) is 0.215. The Balaban J connectivity index is 1.80. The standard InChI is InChI=1S/C26H31N5O5S2/c1-4-5-6-7-11-30-25(35)19(38-26(30)37)13-17-22(28-20-9-8-16(2)15-31(20)24(17)34)29-12-10-27-23(33)18(29)14-21(32)36-3/h8-9,13,15,18H,4-7,10-12,14H2,1-3H3,(H,27,33)/b19-13-/t18-/m1/s1. The number of carbonyl (C=O) groups excluding carboxylic acids is 3. The number of thioether (sulfide) groups is 1. The second-order valence-electron chi connectivity index (χ2n) is 9.26. The largest absolute Gasteiger partial charge is 0.469 e. The highest BCUT2D eigenvalue weighted by Crippen LogP contribution is 2.34. The van der Waals surface area contributed by atoms with Crippen molar-refractivity contribution in [3.8, 4) is 0 Å². The number of nitrogens with one attached hydrogen (secondary N) is 1. The zero-order chi connectivity index (χ0) is 27.4. The van der Waals surface area contributed by atoms with Crippen LogP contribution in [0.3, 0.4) is 0 Å². The van der Waals surface area contributed by atoms with Crippen LogP contribution in [0.25, 0.3) is 11.7 Å². The fraction of sp³-hybridized carbons (Fsp3) is 0.462. The SMILES string of the molecule is CCCCCCN1C(=O)/C(=C/c2c(N3CCNC(=O)[C@H]3CC(=O)OC)nc3ccc(C)cn3c2=O)SC1=S. The van der Waals surface area contributed by atoms with Gasteiger partial charge in [0, 0.05) is 25.8 Å². The van der Waals surface area contributed by atoms with Crippen molar-refractivity contribution in [1.82, 2.24) is 19.6 Å². The summed E-state index contributed by atoms with van der Waals surface area (Å²) >= 11 is 6.63. The summed E-state index contributed by atoms with van der Waals surface area (Å²) < 4.78 is 6.68. The number of aryl methyl sites for hydroxylation is 1. The van der Waals surface area contributed by atoms with Gasteiger partial charge in [-0.3, -0.25) is 28.5 Å². The smallest absolute Gasteiger partial charge is 0.308 e. The van der Waals surface area contributed by atoms with Gasteiger partial charge in [-0.05, 0) is 31.1 Å². The fourth-order valence-electron chi connectivity index (χ4n) is 4.53. The first-order chi connectivity index (χ1) is 18.2. The van der Waals surface area contributed by atoms with E-state index in [1.165, 1.54) is 17.6 Å². The first-order valence-corrected chi connectivity index (χ1v) is 13.9. The molecule has 0 spiro atoms. The minimum Gasteiger partial charge on any atom is -0.469 e. The number of unbranched alkanes of at least 4 members (excludes halogenated alkanes) is 3. The molecule has 2 fully saturated rings. The predicted molar refractivity (Wildman–Crippen MR) is 151 cm³/mol. The van der Waals surface area contributed by atoms with Gasteiger partial charge in [-0.25, -0.2) is 4.98 Å². The number of esters is 1. The van der Waals surface area contributed by atoms with E-state index >= 15 is 0 Å². The number of ether oxygens (including phenoxy) is 1. The number of hydrogen-bond acceptors (Lipinski definition) is 9. The zero-order valence-corrected chi connectivity index (χ0v) is 23.3. The summed E-state index contributed by atoms with van der Waals surface area (Å²) in [6.07, 6.45) is 7.01. The molecule has 4 heterocycles. The highest BCUT2D eigenvalue weighted by atomic mass is 32.2. The van der Waals surface area contributed by atoms with Crippen molar-refractivity contribution in [2.24, 2.45) is 0 Å². The number of pyridine rings is 1. The van der Waals surface area contributed by atoms with E-state index < -0.39 is 12.0 Å². The maximum absolute atomic E-state index is 13.8. The molecule has 0 bridgehead atoms. The molecule has 1 N–H and O–H groups in total. The van der Waals surface area contributed by atoms with Crippen molar-refractivity contribution in [3.05, 3.63) is 44.7 Å². The van der Waals surface area contributed by atoms with Crippen LogP contribution in [0.15, 0.2) is 28.0 Å². The molecule has 0 radical (unpaired) electrons. The Morgan fingerprint density at radius 1 is 1.26 bits per heavy atom. The highest BCUT2D eigenvalue weighted by molar-refractivity contribution is 8.26. The van der Waals surface area contributed by atoms with E-state index in [4.69, 9.17) is 21.9 Å². The number of thiocarbonyl (C=S) groups is 1. The summed E-state index contributed by atoms with van der Waals surface area (Å²) in [6, 6.07) is 2.64. The number of hydrogen-bond donors (Lipinski definition) is 1. The van der Waals surface area contributed by atoms with Crippen molar-refractivity contribution in [3.63, 3.8) is 0 Å². The van der Waals surface area contributed by atoms with Gasteiger partial charge in [0.25, 0.3) is 11.5 Å². The molecule has 2 aliphatic rings. The van der Waals surface area contributed by atoms with Crippen molar-refractivity contribution in [1.29, 1.82) is 0 Å². The number of anilines is 1. The molecule has 4 rings (SSSR count). The van der Waals surface area contributed by atoms with Crippen LogP contribution in [0.2, 0.25) is 0 Å². The topological polar surface area (TPSA) is 113 Å². The van der Waals surface area contributed by atoms with E-state index in [9.17, 15) is 19.2 Å². The molecule has 0 aliphatic carbocycles. The molecule has 2 aromatic rings. The Labute approximate surface area is 230 Å². The van der Waals surface area contributed by atoms with Gasteiger partial charge in [0.1, 0.15) is 21.8 Å². The first-order valence-electron chi connectivity index (χ1n) is 12.6. The van der Waals surface area contributed by atoms with Crippen LogP contribution >= 0.6 is 24.0 Å². The third kappa shape index (κ3) is 5.75. The Bertz CT molecular complexity index is 1370. The molecule has 2 amide bonds. The van der Waals surface area contributed by atoms with Crippen molar-refractivity contribution in [2.45, 2.75) is 52.0 Å². The number of amides is 2. The zero-order valence-electron chi connectivity index (χ0n) is 21.7. The van der Waals surface area contributed by atoms with E-state index in [-0.39, 0.29) is 35.2 Å². The Morgan fingerprint density at radius 3 is 2.79 bits per heavy atom. The lowest BCUT2D eigenvalue weighted by Gasteiger charge is -2.36. The number of rotatable bonds is 9. The molecule has 12 heteroatoms. The lowest BCUT2D eigenvalue weighted by atomic mass is 10.1. The summed E-state index contributed by atoms with van der Waals surface area (Å²) in [4.78, 5) is 60.3. The summed E-state index contributed by atoms with van der Waals surface area (Å²) in [6.45, 7) is 5.14. The normalized spacial score (nSPS) is 19.0. The summed E-state index contributed by atoms with van der Waals surface area (Å²) in [5.41, 5.74) is 1.02. The predicted octanol–water partition coefficient (Wildman–Crippen LogP) is 2.65. The molecule has 10 nitrogen and oxygen atoms in total. The van der Waals surface area contributed by atoms with E-state index in [1.54, 1.807) is 22.1 Å². The maximum atomic E-state index is 13.8. The molecule has 202 valence electrons. The van der Waals surface area contributed by atoms with E-state index in [2.05, 4.69) is 12.2 Å². The van der Waals surface area contributed by atoms with Crippen LogP contribution in [0, 0.1) is 6.92 Å². The summed E-state index contributed by atoms with van der Waals surface area (Å²) in [5.74, 6) is -0.943. The van der Waals surface area contributed by atoms with E-state index in [1.807, 2.05) is 13.0 Å². The lowest BCUT2D eigenvalue weighted by Crippen LogP contribution is -2.57. The highest BCUT2D eigenvalue weighted by Gasteiger charge is 2.36. The van der Waals surface area contributed by atoms with Gasteiger partial charge >= 0.3 is 5.97 Å². The molecule has 0 unspecified atom stereocenters. The minimum absolute atomic E-state index is 0.157. The number of fused-ring (bicyclic) bond motifs is 1. The third-order valence-corrected chi connectivity index (χ3v) is 7.94. The Hall–Kier alpha value is -3.25. The van der Waals surface area contributed by atoms with Crippen LogP contribution in [0.1, 0.15) is 50.2 Å². The second-order valence-corrected chi connectivity index (χ2v) is 10.9. The van der Waals surface area contributed by atoms with Gasteiger partial charge < -0.3 is 15.0 Å². The lowest BCUT2D eigenvalue weighted by molar-refractivity contribution is -0.143. The van der Waals surface area contributed by atoms with Crippen molar-refractivity contribution >= 4 is 63.6 Å². The number of carbonyl (C=O) groups is 3. The first kappa shape index (κ1) is 27.8. The molecule has 38 heavy (non-hydrogen) atoms. The van der Waals surface area contributed by atoms with Crippen LogP contribution in [-0.4, -0.2) is 69.2 Å². The van der Waals surface area contributed by atoms with Gasteiger partial charge in [-0.15, -0.1) is 0 Å². The Morgan fingerprint density at radius 2 is 2.05 bits per heavy atom. The summed E-state index contributed by atoms with van der Waals surface area (Å²) in [7, 11) is 1.26. The molecule has 2 aromatic heterocycles. The maximum Gasteiger partial charge on any atom is 0.308 e. The molecule has 1 atom stereocenters. The minimum atomic E-state index is -0.920. The molecule has 0 aromatic carbocycles. The second kappa shape index (κ2) is 12.1. The van der Waals surface area contributed by atoms with Gasteiger partial charge in [0.05, 0.1) is 24.0 Å². The molecule has 2 aliphatic heterocycles. The van der Waals surface area contributed by atoms with Crippen LogP contribution < -0.4 is 15.8 Å². The van der Waals surface area contributed by atoms with E-state index in [0.29, 0.717) is 34.5 Å². The monoisotopic (exact) mass is 557 g/mol. The van der Waals surface area contributed by atoms with Crippen LogP contribution in [0.5, 0.6) is 0 Å². The van der Waals surface area contributed by atoms with Crippen LogP contribution in [-0.2, 0) is 19.1 Å². The van der Waals surface area contributed by atoms with Gasteiger partial charge in [-0.1, -0.05) is 56.2 Å². The Kier molecular flexibility index (Phi) is 8.83. The summed E-state index contributed by atoms with van der Waals surface area (Å²) in [5, 5.41) is 2.76. The average molecular weight is 558 g/mol. The van der Waals surface area contributed by atoms with Crippen LogP contribution in [0.4, 0.5) is 5.82 Å². The van der Waals surface area contributed by atoms with Gasteiger partial charge in [0.2, 0.25) is 5.91 Å².